The van der Waals surface area contributed by atoms with Gasteiger partial charge in [-0.3, -0.25) is 9.69 Å². The number of ketones is 1. The van der Waals surface area contributed by atoms with Crippen molar-refractivity contribution in [3.63, 3.8) is 0 Å². The van der Waals surface area contributed by atoms with Crippen molar-refractivity contribution >= 4 is 38.4 Å². The van der Waals surface area contributed by atoms with E-state index in [0.29, 0.717) is 6.54 Å². The number of Topliss-reactive ketones (excluding diaryl/α,β-unsaturated/α-hetero) is 1. The third kappa shape index (κ3) is 6.82. The van der Waals surface area contributed by atoms with Crippen molar-refractivity contribution in [3.05, 3.63) is 70.8 Å². The maximum atomic E-state index is 12.9. The largest absolute Gasteiger partial charge is 0.310 e. The summed E-state index contributed by atoms with van der Waals surface area (Å²) in [4.78, 5) is 10.5. The van der Waals surface area contributed by atoms with Gasteiger partial charge in [0.05, 0.1) is 0 Å². The number of likely N-dealkylation sites (tertiary alicyclic amines) is 1. The van der Waals surface area contributed by atoms with Crippen LogP contribution in [0.25, 0.3) is 12.2 Å². The number of halogens is 10. The van der Waals surface area contributed by atoms with Gasteiger partial charge in [0, 0.05) is 24.2 Å². The van der Waals surface area contributed by atoms with E-state index >= 15 is 0 Å². The first kappa shape index (κ1) is 27.1. The lowest BCUT2D eigenvalue weighted by Crippen LogP contribution is -2.37. The van der Waals surface area contributed by atoms with E-state index in [9.17, 15) is 43.7 Å². The smallest absolute Gasteiger partial charge is 0.295 e. The monoisotopic (exact) mass is 555 g/mol. The van der Waals surface area contributed by atoms with Crippen molar-refractivity contribution in [2.24, 2.45) is 0 Å². The van der Waals surface area contributed by atoms with Crippen LogP contribution in [0.1, 0.15) is 18.1 Å². The summed E-state index contributed by atoms with van der Waals surface area (Å²) in [5.41, 5.74) is 0.314. The number of carbonyl (C=O) groups excluding carboxylic acids is 1. The lowest BCUT2D eigenvalue weighted by molar-refractivity contribution is -0.113. The minimum atomic E-state index is -9.85. The third-order valence-electron chi connectivity index (χ3n) is 5.15. The Morgan fingerprint density at radius 2 is 0.971 bits per heavy atom. The first-order valence-electron chi connectivity index (χ1n) is 9.82. The normalized spacial score (nSPS) is 22.4. The van der Waals surface area contributed by atoms with Crippen molar-refractivity contribution in [1.82, 2.24) is 4.90 Å². The molecule has 0 amide bonds. The van der Waals surface area contributed by atoms with Gasteiger partial charge in [-0.15, -0.1) is 0 Å². The quantitative estimate of drug-likeness (QED) is 0.271. The molecular weight excluding hydrogens is 536 g/mol. The van der Waals surface area contributed by atoms with Gasteiger partial charge in [0.1, 0.15) is 9.79 Å². The second kappa shape index (κ2) is 7.07. The molecule has 0 saturated carbocycles. The molecule has 0 aliphatic carbocycles. The minimum absolute atomic E-state index is 0.0523. The SMILES string of the molecule is CCN1C/C(=C\c2ccc(S(F)(F)(F)(F)F)cc2)C(=O)/C(=C/c2ccc(S(F)(F)(F)(F)F)cc2)C1. The Hall–Kier alpha value is -2.45. The van der Waals surface area contributed by atoms with Crippen LogP contribution in [0.5, 0.6) is 0 Å². The lowest BCUT2D eigenvalue weighted by Gasteiger charge is -2.40. The molecule has 35 heavy (non-hydrogen) atoms. The highest BCUT2D eigenvalue weighted by atomic mass is 32.5. The zero-order chi connectivity index (χ0) is 26.6. The van der Waals surface area contributed by atoms with Crippen molar-refractivity contribution in [1.29, 1.82) is 0 Å². The van der Waals surface area contributed by atoms with Crippen LogP contribution in [-0.2, 0) is 4.79 Å². The van der Waals surface area contributed by atoms with E-state index in [1.807, 2.05) is 0 Å². The van der Waals surface area contributed by atoms with E-state index in [4.69, 9.17) is 0 Å². The topological polar surface area (TPSA) is 20.3 Å². The summed E-state index contributed by atoms with van der Waals surface area (Å²) >= 11 is 0. The molecule has 14 heteroatoms. The molecule has 0 N–H and O–H groups in total. The van der Waals surface area contributed by atoms with Crippen molar-refractivity contribution < 1.29 is 43.7 Å². The van der Waals surface area contributed by atoms with Gasteiger partial charge in [-0.25, -0.2) is 0 Å². The van der Waals surface area contributed by atoms with Crippen LogP contribution >= 0.6 is 20.4 Å². The fraction of sp³-hybridized carbons (Fsp3) is 0.190. The zero-order valence-electron chi connectivity index (χ0n) is 17.8. The van der Waals surface area contributed by atoms with Gasteiger partial charge in [0.25, 0.3) is 0 Å². The molecule has 3 rings (SSSR count). The van der Waals surface area contributed by atoms with E-state index in [-0.39, 0.29) is 59.6 Å². The van der Waals surface area contributed by atoms with Crippen molar-refractivity contribution in [2.45, 2.75) is 16.7 Å². The molecule has 0 bridgehead atoms. The number of hydrogen-bond donors (Lipinski definition) is 0. The summed E-state index contributed by atoms with van der Waals surface area (Å²) in [7, 11) is -19.7. The number of piperidine rings is 1. The predicted octanol–water partition coefficient (Wildman–Crippen LogP) is 9.37. The summed E-state index contributed by atoms with van der Waals surface area (Å²) in [6.45, 7) is 2.34. The third-order valence-corrected chi connectivity index (χ3v) is 7.48. The molecule has 1 heterocycles. The first-order valence-corrected chi connectivity index (χ1v) is 13.7. The molecule has 1 saturated heterocycles. The fourth-order valence-corrected chi connectivity index (χ4v) is 4.68. The summed E-state index contributed by atoms with van der Waals surface area (Å²) in [6, 6.07) is 4.04. The zero-order valence-corrected chi connectivity index (χ0v) is 19.5. The minimum Gasteiger partial charge on any atom is -0.295 e. The Labute approximate surface area is 194 Å². The van der Waals surface area contributed by atoms with E-state index in [2.05, 4.69) is 0 Å². The number of rotatable bonds is 5. The summed E-state index contributed by atoms with van der Waals surface area (Å²) in [6.07, 6.45) is 2.45. The average molecular weight is 556 g/mol. The van der Waals surface area contributed by atoms with Crippen LogP contribution in [0.15, 0.2) is 69.5 Å². The second-order valence-electron chi connectivity index (χ2n) is 8.05. The Morgan fingerprint density at radius 3 is 1.23 bits per heavy atom. The molecule has 1 aliphatic heterocycles. The predicted molar refractivity (Wildman–Crippen MR) is 119 cm³/mol. The maximum absolute atomic E-state index is 12.9. The van der Waals surface area contributed by atoms with Crippen molar-refractivity contribution in [2.75, 3.05) is 19.6 Å². The first-order chi connectivity index (χ1) is 15.4. The van der Waals surface area contributed by atoms with Gasteiger partial charge < -0.3 is 0 Å². The summed E-state index contributed by atoms with van der Waals surface area (Å²) in [5.74, 6) is -0.566. The van der Waals surface area contributed by atoms with Gasteiger partial charge >= 0.3 is 20.4 Å². The Balaban J connectivity index is 1.94. The number of hydrogen-bond acceptors (Lipinski definition) is 2. The molecule has 0 aromatic heterocycles. The Morgan fingerprint density at radius 1 is 0.657 bits per heavy atom. The van der Waals surface area contributed by atoms with Crippen LogP contribution in [0.4, 0.5) is 38.9 Å². The van der Waals surface area contributed by atoms with E-state index in [1.165, 1.54) is 12.2 Å². The van der Waals surface area contributed by atoms with Gasteiger partial charge in [-0.05, 0) is 54.1 Å². The molecule has 2 aromatic rings. The molecule has 0 atom stereocenters. The molecule has 1 aliphatic rings. The van der Waals surface area contributed by atoms with E-state index in [1.54, 1.807) is 11.8 Å². The molecule has 2 nitrogen and oxygen atoms in total. The van der Waals surface area contributed by atoms with Crippen LogP contribution in [0, 0.1) is 0 Å². The van der Waals surface area contributed by atoms with Gasteiger partial charge in [-0.1, -0.05) is 70.0 Å². The highest BCUT2D eigenvalue weighted by molar-refractivity contribution is 8.46. The molecule has 1 fully saturated rings. The highest BCUT2D eigenvalue weighted by Gasteiger charge is 2.66. The molecule has 0 radical (unpaired) electrons. The Bertz CT molecular complexity index is 1140. The second-order valence-corrected chi connectivity index (χ2v) is 12.9. The Kier molecular flexibility index (Phi) is 5.48. The number of nitrogens with zero attached hydrogens (tertiary/aromatic N) is 1. The van der Waals surface area contributed by atoms with E-state index < -0.39 is 36.0 Å². The lowest BCUT2D eigenvalue weighted by atomic mass is 9.94. The maximum Gasteiger partial charge on any atom is 0.310 e. The van der Waals surface area contributed by atoms with Crippen LogP contribution in [0.2, 0.25) is 0 Å². The number of benzene rings is 2. The average Bonchev–Trinajstić information content (AvgIpc) is 2.68. The molecule has 2 aromatic carbocycles. The van der Waals surface area contributed by atoms with Gasteiger partial charge in [0.15, 0.2) is 5.78 Å². The molecular formula is C21H19F10NOS2. The van der Waals surface area contributed by atoms with Crippen molar-refractivity contribution in [3.8, 4) is 0 Å². The highest BCUT2D eigenvalue weighted by Crippen LogP contribution is 3.02. The standard InChI is InChI=1S/C21H19F10NOS2/c1-2-32-13-17(11-15-3-7-19(8-4-15)34(22,23,24,25)26)21(33)18(14-32)12-16-5-9-20(10-6-16)35(27,28,29,30)31/h3-12H,2,13-14H2,1H3/b17-11+,18-12+. The molecule has 196 valence electrons. The number of carbonyl (C=O) groups is 1. The van der Waals surface area contributed by atoms with Crippen LogP contribution < -0.4 is 0 Å². The van der Waals surface area contributed by atoms with E-state index in [0.717, 1.165) is 24.3 Å². The summed E-state index contributed by atoms with van der Waals surface area (Å²) < 4.78 is 129. The number of likely N-dealkylation sites (N-methyl/N-ethyl adjacent to an activating group) is 1. The van der Waals surface area contributed by atoms with Gasteiger partial charge in [-0.2, -0.15) is 0 Å². The van der Waals surface area contributed by atoms with Crippen LogP contribution in [-0.4, -0.2) is 30.3 Å². The summed E-state index contributed by atoms with van der Waals surface area (Å²) in [5, 5.41) is 0. The molecule has 0 unspecified atom stereocenters. The molecule has 0 spiro atoms. The fourth-order valence-electron chi connectivity index (χ4n) is 3.38. The van der Waals surface area contributed by atoms with Crippen LogP contribution in [0.3, 0.4) is 0 Å². The van der Waals surface area contributed by atoms with Gasteiger partial charge in [0.2, 0.25) is 0 Å².